The number of carbonyl (C=O) groups excluding carboxylic acids is 2. The highest BCUT2D eigenvalue weighted by Crippen LogP contribution is 2.35. The first-order valence-corrected chi connectivity index (χ1v) is 12.5. The van der Waals surface area contributed by atoms with Crippen molar-refractivity contribution in [3.8, 4) is 11.5 Å². The molecular formula is C28H27BrN4O5. The molecule has 1 aromatic heterocycles. The highest BCUT2D eigenvalue weighted by molar-refractivity contribution is 9.10. The molecule has 9 nitrogen and oxygen atoms in total. The number of aromatic nitrogens is 1. The average Bonchev–Trinajstić information content (AvgIpc) is 3.34. The number of aromatic amines is 1. The molecule has 4 aromatic rings. The van der Waals surface area contributed by atoms with Crippen LogP contribution < -0.4 is 20.2 Å². The first-order chi connectivity index (χ1) is 18.5. The van der Waals surface area contributed by atoms with Crippen molar-refractivity contribution in [1.82, 2.24) is 15.7 Å². The molecule has 4 rings (SSSR count). The number of benzene rings is 3. The van der Waals surface area contributed by atoms with Gasteiger partial charge in [0.05, 0.1) is 24.9 Å². The summed E-state index contributed by atoms with van der Waals surface area (Å²) in [6.07, 6.45) is 2.82. The maximum absolute atomic E-state index is 13.1. The largest absolute Gasteiger partial charge is 0.493 e. The summed E-state index contributed by atoms with van der Waals surface area (Å²) in [7, 11) is 3.08. The Bertz CT molecular complexity index is 1440. The van der Waals surface area contributed by atoms with E-state index in [-0.39, 0.29) is 13.0 Å². The Morgan fingerprint density at radius 3 is 2.58 bits per heavy atom. The lowest BCUT2D eigenvalue weighted by Crippen LogP contribution is -2.47. The number of methoxy groups -OCH3 is 2. The zero-order valence-corrected chi connectivity index (χ0v) is 22.4. The molecule has 0 saturated carbocycles. The van der Waals surface area contributed by atoms with Gasteiger partial charge in [0.2, 0.25) is 0 Å². The Hall–Kier alpha value is -4.31. The lowest BCUT2D eigenvalue weighted by molar-refractivity contribution is -0.123. The van der Waals surface area contributed by atoms with Crippen LogP contribution in [-0.2, 0) is 22.6 Å². The van der Waals surface area contributed by atoms with E-state index in [1.807, 2.05) is 60.8 Å². The number of hydrogen-bond acceptors (Lipinski definition) is 6. The molecule has 0 aliphatic carbocycles. The molecule has 3 N–H and O–H groups in total. The van der Waals surface area contributed by atoms with Gasteiger partial charge < -0.3 is 24.5 Å². The molecule has 196 valence electrons. The number of ether oxygens (including phenoxy) is 3. The fourth-order valence-electron chi connectivity index (χ4n) is 3.90. The van der Waals surface area contributed by atoms with E-state index < -0.39 is 18.0 Å². The van der Waals surface area contributed by atoms with E-state index in [0.717, 1.165) is 22.0 Å². The molecule has 38 heavy (non-hydrogen) atoms. The standard InChI is InChI=1S/C28H27BrN4O5/c1-36-25-13-19(12-22(29)26(25)37-2)15-31-33-27(34)24(14-20-16-30-23-11-7-6-10-21(20)23)32-28(35)38-17-18-8-4-3-5-9-18/h3-13,15-16,24,30H,14,17H2,1-2H3,(H,32,35)(H,33,34)/b31-15-/t24-/m1/s1. The third-order valence-electron chi connectivity index (χ3n) is 5.76. The minimum Gasteiger partial charge on any atom is -0.493 e. The number of carbonyl (C=O) groups is 2. The Labute approximate surface area is 228 Å². The van der Waals surface area contributed by atoms with Crippen LogP contribution in [0.1, 0.15) is 16.7 Å². The predicted octanol–water partition coefficient (Wildman–Crippen LogP) is 4.94. The highest BCUT2D eigenvalue weighted by atomic mass is 79.9. The van der Waals surface area contributed by atoms with Gasteiger partial charge in [-0.15, -0.1) is 0 Å². The van der Waals surface area contributed by atoms with Gasteiger partial charge in [0.1, 0.15) is 12.6 Å². The van der Waals surface area contributed by atoms with Crippen molar-refractivity contribution < 1.29 is 23.8 Å². The highest BCUT2D eigenvalue weighted by Gasteiger charge is 2.23. The van der Waals surface area contributed by atoms with Gasteiger partial charge in [0, 0.05) is 23.5 Å². The van der Waals surface area contributed by atoms with Crippen LogP contribution in [0.3, 0.4) is 0 Å². The molecule has 0 spiro atoms. The van der Waals surface area contributed by atoms with Gasteiger partial charge in [-0.05, 0) is 50.8 Å². The number of rotatable bonds is 10. The van der Waals surface area contributed by atoms with Crippen LogP contribution in [0.25, 0.3) is 10.9 Å². The van der Waals surface area contributed by atoms with Crippen LogP contribution in [-0.4, -0.2) is 43.5 Å². The molecule has 3 aromatic carbocycles. The number of amides is 2. The van der Waals surface area contributed by atoms with Crippen LogP contribution in [0.15, 0.2) is 82.5 Å². The molecule has 1 atom stereocenters. The van der Waals surface area contributed by atoms with Crippen LogP contribution >= 0.6 is 15.9 Å². The van der Waals surface area contributed by atoms with Gasteiger partial charge in [-0.25, -0.2) is 10.2 Å². The lowest BCUT2D eigenvalue weighted by atomic mass is 10.0. The Morgan fingerprint density at radius 1 is 1.05 bits per heavy atom. The Kier molecular flexibility index (Phi) is 8.99. The van der Waals surface area contributed by atoms with Crippen molar-refractivity contribution in [2.45, 2.75) is 19.1 Å². The van der Waals surface area contributed by atoms with E-state index >= 15 is 0 Å². The summed E-state index contributed by atoms with van der Waals surface area (Å²) in [5, 5.41) is 7.72. The van der Waals surface area contributed by atoms with Crippen molar-refractivity contribution >= 4 is 45.0 Å². The van der Waals surface area contributed by atoms with E-state index in [4.69, 9.17) is 14.2 Å². The predicted molar refractivity (Wildman–Crippen MR) is 149 cm³/mol. The molecule has 1 heterocycles. The summed E-state index contributed by atoms with van der Waals surface area (Å²) in [6.45, 7) is 0.0838. The Morgan fingerprint density at radius 2 is 1.82 bits per heavy atom. The number of hydrazone groups is 1. The second kappa shape index (κ2) is 12.8. The van der Waals surface area contributed by atoms with Crippen LogP contribution in [0, 0.1) is 0 Å². The van der Waals surface area contributed by atoms with Gasteiger partial charge in [-0.2, -0.15) is 5.10 Å². The summed E-state index contributed by atoms with van der Waals surface area (Å²) in [5.74, 6) is 0.558. The molecule has 0 aliphatic rings. The quantitative estimate of drug-likeness (QED) is 0.182. The van der Waals surface area contributed by atoms with E-state index in [2.05, 4.69) is 36.8 Å². The van der Waals surface area contributed by atoms with Crippen molar-refractivity contribution in [2.24, 2.45) is 5.10 Å². The molecule has 0 unspecified atom stereocenters. The topological polar surface area (TPSA) is 114 Å². The van der Waals surface area contributed by atoms with Crippen LogP contribution in [0.4, 0.5) is 4.79 Å². The number of nitrogens with one attached hydrogen (secondary N) is 3. The van der Waals surface area contributed by atoms with E-state index in [9.17, 15) is 9.59 Å². The Balaban J connectivity index is 1.48. The number of para-hydroxylation sites is 1. The summed E-state index contributed by atoms with van der Waals surface area (Å²) in [5.41, 5.74) is 5.83. The maximum Gasteiger partial charge on any atom is 0.408 e. The number of nitrogens with zero attached hydrogens (tertiary/aromatic N) is 1. The van der Waals surface area contributed by atoms with Crippen molar-refractivity contribution in [2.75, 3.05) is 14.2 Å². The summed E-state index contributed by atoms with van der Waals surface area (Å²) in [6, 6.07) is 19.6. The SMILES string of the molecule is COc1cc(/C=N\NC(=O)[C@@H](Cc2c[nH]c3ccccc23)NC(=O)OCc2ccccc2)cc(Br)c1OC. The number of alkyl carbamates (subject to hydrolysis) is 1. The minimum absolute atomic E-state index is 0.0838. The molecule has 0 bridgehead atoms. The van der Waals surface area contributed by atoms with E-state index in [0.29, 0.717) is 21.5 Å². The number of halogens is 1. The lowest BCUT2D eigenvalue weighted by Gasteiger charge is -2.17. The zero-order valence-electron chi connectivity index (χ0n) is 20.9. The fraction of sp³-hybridized carbons (Fsp3) is 0.179. The second-order valence-corrected chi connectivity index (χ2v) is 9.15. The maximum atomic E-state index is 13.1. The van der Waals surface area contributed by atoms with Crippen molar-refractivity contribution in [3.05, 3.63) is 94.1 Å². The number of hydrogen-bond donors (Lipinski definition) is 3. The van der Waals surface area contributed by atoms with Crippen molar-refractivity contribution in [1.29, 1.82) is 0 Å². The van der Waals surface area contributed by atoms with Crippen LogP contribution in [0.2, 0.25) is 0 Å². The third kappa shape index (κ3) is 6.71. The first-order valence-electron chi connectivity index (χ1n) is 11.7. The normalized spacial score (nSPS) is 11.8. The first kappa shape index (κ1) is 26.7. The van der Waals surface area contributed by atoms with E-state index in [1.165, 1.54) is 13.3 Å². The molecular weight excluding hydrogens is 552 g/mol. The summed E-state index contributed by atoms with van der Waals surface area (Å²) < 4.78 is 16.7. The van der Waals surface area contributed by atoms with E-state index in [1.54, 1.807) is 19.2 Å². The minimum atomic E-state index is -0.938. The van der Waals surface area contributed by atoms with Gasteiger partial charge >= 0.3 is 6.09 Å². The molecule has 0 fully saturated rings. The fourth-order valence-corrected chi connectivity index (χ4v) is 4.52. The molecule has 0 radical (unpaired) electrons. The molecule has 0 saturated heterocycles. The van der Waals surface area contributed by atoms with Gasteiger partial charge in [0.15, 0.2) is 11.5 Å². The summed E-state index contributed by atoms with van der Waals surface area (Å²) in [4.78, 5) is 28.9. The van der Waals surface area contributed by atoms with Gasteiger partial charge in [-0.1, -0.05) is 48.5 Å². The van der Waals surface area contributed by atoms with Crippen LogP contribution in [0.5, 0.6) is 11.5 Å². The van der Waals surface area contributed by atoms with Gasteiger partial charge in [0.25, 0.3) is 5.91 Å². The molecule has 10 heteroatoms. The zero-order chi connectivity index (χ0) is 26.9. The smallest absolute Gasteiger partial charge is 0.408 e. The third-order valence-corrected chi connectivity index (χ3v) is 6.35. The monoisotopic (exact) mass is 578 g/mol. The second-order valence-electron chi connectivity index (χ2n) is 8.29. The molecule has 2 amide bonds. The number of H-pyrrole nitrogens is 1. The molecule has 0 aliphatic heterocycles. The number of fused-ring (bicyclic) bond motifs is 1. The summed E-state index contributed by atoms with van der Waals surface area (Å²) >= 11 is 3.44. The van der Waals surface area contributed by atoms with Gasteiger partial charge in [-0.3, -0.25) is 4.79 Å². The van der Waals surface area contributed by atoms with Crippen molar-refractivity contribution in [3.63, 3.8) is 0 Å². The average molecular weight is 579 g/mol.